The Hall–Kier alpha value is -0.800. The van der Waals surface area contributed by atoms with Crippen LogP contribution in [0.15, 0.2) is 29.2 Å². The second-order valence-electron chi connectivity index (χ2n) is 5.03. The molecule has 0 heterocycles. The van der Waals surface area contributed by atoms with E-state index in [4.69, 9.17) is 4.74 Å². The number of rotatable bonds is 5. The Bertz CT molecular complexity index is 363. The molecule has 1 rings (SSSR count). The Kier molecular flexibility index (Phi) is 5.22. The van der Waals surface area contributed by atoms with Gasteiger partial charge in [-0.2, -0.15) is 0 Å². The number of thioether (sulfide) groups is 1. The van der Waals surface area contributed by atoms with E-state index in [-0.39, 0.29) is 17.8 Å². The molecule has 17 heavy (non-hydrogen) atoms. The topological polar surface area (TPSA) is 26.3 Å². The fraction of sp³-hybridized carbons (Fsp3) is 0.500. The van der Waals surface area contributed by atoms with Gasteiger partial charge in [-0.1, -0.05) is 32.9 Å². The number of ketones is 1. The summed E-state index contributed by atoms with van der Waals surface area (Å²) in [5.74, 6) is 0.597. The molecule has 0 bridgehead atoms. The van der Waals surface area contributed by atoms with Gasteiger partial charge < -0.3 is 4.74 Å². The molecule has 0 aliphatic rings. The maximum atomic E-state index is 11.3. The fourth-order valence-corrected chi connectivity index (χ4v) is 2.16. The lowest BCUT2D eigenvalue weighted by atomic mass is 9.87. The second-order valence-corrected chi connectivity index (χ2v) is 6.08. The maximum absolute atomic E-state index is 11.3. The highest BCUT2D eigenvalue weighted by molar-refractivity contribution is 8.00. The number of carbonyl (C=O) groups is 1. The Balaban J connectivity index is 2.54. The van der Waals surface area contributed by atoms with Crippen molar-refractivity contribution in [2.45, 2.75) is 31.1 Å². The van der Waals surface area contributed by atoms with Crippen molar-refractivity contribution < 1.29 is 9.53 Å². The third-order valence-electron chi connectivity index (χ3n) is 2.43. The van der Waals surface area contributed by atoms with Gasteiger partial charge in [0.25, 0.3) is 0 Å². The third-order valence-corrected chi connectivity index (χ3v) is 3.50. The molecule has 0 unspecified atom stereocenters. The lowest BCUT2D eigenvalue weighted by Gasteiger charge is -2.18. The average Bonchev–Trinajstić information content (AvgIpc) is 2.26. The van der Waals surface area contributed by atoms with Gasteiger partial charge in [0.1, 0.15) is 6.61 Å². The molecule has 0 spiro atoms. The summed E-state index contributed by atoms with van der Waals surface area (Å²) < 4.78 is 4.79. The van der Waals surface area contributed by atoms with Crippen LogP contribution >= 0.6 is 11.8 Å². The van der Waals surface area contributed by atoms with Gasteiger partial charge in [0.2, 0.25) is 0 Å². The van der Waals surface area contributed by atoms with Crippen molar-refractivity contribution in [1.82, 2.24) is 0 Å². The van der Waals surface area contributed by atoms with Crippen LogP contribution in [0.25, 0.3) is 0 Å². The number of ether oxygens (including phenoxy) is 1. The van der Waals surface area contributed by atoms with Gasteiger partial charge in [-0.3, -0.25) is 4.79 Å². The van der Waals surface area contributed by atoms with Crippen LogP contribution in [0, 0.1) is 0 Å². The van der Waals surface area contributed by atoms with E-state index in [1.54, 1.807) is 18.9 Å². The predicted molar refractivity (Wildman–Crippen MR) is 72.7 cm³/mol. The van der Waals surface area contributed by atoms with Gasteiger partial charge in [0.15, 0.2) is 5.78 Å². The van der Waals surface area contributed by atoms with E-state index < -0.39 is 0 Å². The quantitative estimate of drug-likeness (QED) is 0.752. The summed E-state index contributed by atoms with van der Waals surface area (Å²) in [6.07, 6.45) is 0. The SMILES string of the molecule is COCC(=O)CSc1ccc(C(C)(C)C)cc1. The highest BCUT2D eigenvalue weighted by Crippen LogP contribution is 2.25. The normalized spacial score (nSPS) is 11.5. The Morgan fingerprint density at radius 2 is 1.82 bits per heavy atom. The highest BCUT2D eigenvalue weighted by Gasteiger charge is 2.12. The predicted octanol–water partition coefficient (Wildman–Crippen LogP) is 3.29. The molecule has 94 valence electrons. The number of benzene rings is 1. The molecule has 0 N–H and O–H groups in total. The first-order chi connectivity index (χ1) is 7.93. The standard InChI is InChI=1S/C14H20O2S/c1-14(2,3)11-5-7-13(8-6-11)17-10-12(15)9-16-4/h5-8H,9-10H2,1-4H3. The Morgan fingerprint density at radius 1 is 1.24 bits per heavy atom. The molecule has 1 aromatic rings. The van der Waals surface area contributed by atoms with E-state index in [0.717, 1.165) is 4.90 Å². The van der Waals surface area contributed by atoms with Crippen molar-refractivity contribution in [2.75, 3.05) is 19.5 Å². The zero-order chi connectivity index (χ0) is 12.9. The summed E-state index contributed by atoms with van der Waals surface area (Å²) in [4.78, 5) is 12.4. The van der Waals surface area contributed by atoms with E-state index >= 15 is 0 Å². The number of methoxy groups -OCH3 is 1. The highest BCUT2D eigenvalue weighted by atomic mass is 32.2. The molecule has 0 radical (unpaired) electrons. The average molecular weight is 252 g/mol. The molecule has 0 aliphatic carbocycles. The molecule has 0 aliphatic heterocycles. The molecule has 3 heteroatoms. The first-order valence-corrected chi connectivity index (χ1v) is 6.66. The molecule has 0 atom stereocenters. The van der Waals surface area contributed by atoms with Crippen molar-refractivity contribution in [3.05, 3.63) is 29.8 Å². The lowest BCUT2D eigenvalue weighted by Crippen LogP contribution is -2.10. The number of hydrogen-bond donors (Lipinski definition) is 0. The van der Waals surface area contributed by atoms with Gasteiger partial charge in [0, 0.05) is 12.0 Å². The zero-order valence-corrected chi connectivity index (χ0v) is 11.8. The van der Waals surface area contributed by atoms with E-state index in [1.807, 2.05) is 0 Å². The zero-order valence-electron chi connectivity index (χ0n) is 10.9. The summed E-state index contributed by atoms with van der Waals surface area (Å²) in [6, 6.07) is 8.41. The van der Waals surface area contributed by atoms with Gasteiger partial charge >= 0.3 is 0 Å². The fourth-order valence-electron chi connectivity index (χ4n) is 1.42. The van der Waals surface area contributed by atoms with Gasteiger partial charge in [-0.15, -0.1) is 11.8 Å². The van der Waals surface area contributed by atoms with Crippen LogP contribution in [0.4, 0.5) is 0 Å². The second kappa shape index (κ2) is 6.22. The molecule has 0 saturated carbocycles. The largest absolute Gasteiger partial charge is 0.377 e. The molecule has 2 nitrogen and oxygen atoms in total. The van der Waals surface area contributed by atoms with Crippen LogP contribution < -0.4 is 0 Å². The first kappa shape index (κ1) is 14.3. The first-order valence-electron chi connectivity index (χ1n) is 5.67. The molecule has 0 amide bonds. The van der Waals surface area contributed by atoms with Crippen LogP contribution in [0.1, 0.15) is 26.3 Å². The van der Waals surface area contributed by atoms with Gasteiger partial charge in [0.05, 0.1) is 5.75 Å². The van der Waals surface area contributed by atoms with Gasteiger partial charge in [-0.05, 0) is 23.1 Å². The van der Waals surface area contributed by atoms with Crippen LogP contribution in [0.5, 0.6) is 0 Å². The van der Waals surface area contributed by atoms with Crippen molar-refractivity contribution in [3.8, 4) is 0 Å². The molecule has 0 aromatic heterocycles. The Morgan fingerprint density at radius 3 is 2.29 bits per heavy atom. The smallest absolute Gasteiger partial charge is 0.168 e. The van der Waals surface area contributed by atoms with Crippen molar-refractivity contribution in [2.24, 2.45) is 0 Å². The van der Waals surface area contributed by atoms with Gasteiger partial charge in [-0.25, -0.2) is 0 Å². The molecule has 0 saturated heterocycles. The molecular weight excluding hydrogens is 232 g/mol. The maximum Gasteiger partial charge on any atom is 0.168 e. The van der Waals surface area contributed by atoms with Crippen LogP contribution in [-0.4, -0.2) is 25.3 Å². The minimum atomic E-state index is 0.123. The number of hydrogen-bond acceptors (Lipinski definition) is 3. The summed E-state index contributed by atoms with van der Waals surface area (Å²) in [5.41, 5.74) is 1.49. The van der Waals surface area contributed by atoms with E-state index in [2.05, 4.69) is 45.0 Å². The van der Waals surface area contributed by atoms with Crippen molar-refractivity contribution in [1.29, 1.82) is 0 Å². The van der Waals surface area contributed by atoms with Crippen molar-refractivity contribution in [3.63, 3.8) is 0 Å². The number of carbonyl (C=O) groups excluding carboxylic acids is 1. The number of Topliss-reactive ketones (excluding diaryl/α,β-unsaturated/α-hetero) is 1. The molecule has 1 aromatic carbocycles. The van der Waals surface area contributed by atoms with Crippen molar-refractivity contribution >= 4 is 17.5 Å². The minimum Gasteiger partial charge on any atom is -0.377 e. The molecular formula is C14H20O2S. The minimum absolute atomic E-state index is 0.123. The third kappa shape index (κ3) is 4.92. The monoisotopic (exact) mass is 252 g/mol. The van der Waals surface area contributed by atoms with E-state index in [9.17, 15) is 4.79 Å². The summed E-state index contributed by atoms with van der Waals surface area (Å²) in [7, 11) is 1.54. The van der Waals surface area contributed by atoms with Crippen LogP contribution in [-0.2, 0) is 14.9 Å². The summed E-state index contributed by atoms with van der Waals surface area (Å²) in [5, 5.41) is 0. The lowest BCUT2D eigenvalue weighted by molar-refractivity contribution is -0.120. The van der Waals surface area contributed by atoms with E-state index in [0.29, 0.717) is 5.75 Å². The van der Waals surface area contributed by atoms with E-state index in [1.165, 1.54) is 5.56 Å². The van der Waals surface area contributed by atoms with Crippen LogP contribution in [0.3, 0.4) is 0 Å². The summed E-state index contributed by atoms with van der Waals surface area (Å²) >= 11 is 1.56. The Labute approximate surface area is 108 Å². The summed E-state index contributed by atoms with van der Waals surface area (Å²) in [6.45, 7) is 6.78. The molecule has 0 fully saturated rings. The van der Waals surface area contributed by atoms with Crippen LogP contribution in [0.2, 0.25) is 0 Å².